The van der Waals surface area contributed by atoms with Gasteiger partial charge in [-0.05, 0) is 31.4 Å². The number of rotatable bonds is 6. The van der Waals surface area contributed by atoms with Crippen molar-refractivity contribution in [3.8, 4) is 0 Å². The van der Waals surface area contributed by atoms with E-state index in [0.717, 1.165) is 11.1 Å². The summed E-state index contributed by atoms with van der Waals surface area (Å²) in [5, 5.41) is 0. The van der Waals surface area contributed by atoms with Crippen molar-refractivity contribution in [3.05, 3.63) is 71.8 Å². The summed E-state index contributed by atoms with van der Waals surface area (Å²) in [7, 11) is 0. The smallest absolute Gasteiger partial charge is 0.321 e. The molecule has 0 unspecified atom stereocenters. The Morgan fingerprint density at radius 3 is 2.27 bits per heavy atom. The summed E-state index contributed by atoms with van der Waals surface area (Å²) in [5.74, 6) is -4.58. The maximum Gasteiger partial charge on any atom is 0.321 e. The number of nitrogens with zero attached hydrogens (tertiary/aromatic N) is 2. The average molecular weight is 457 g/mol. The number of piperidine rings is 1. The fraction of sp³-hybridized carbons (Fsp3) is 0.462. The highest BCUT2D eigenvalue weighted by molar-refractivity contribution is 6.01. The summed E-state index contributed by atoms with van der Waals surface area (Å²) in [4.78, 5) is 29.4. The van der Waals surface area contributed by atoms with Gasteiger partial charge < -0.3 is 9.64 Å². The number of esters is 1. The molecule has 2 aromatic rings. The molecule has 2 aromatic carbocycles. The van der Waals surface area contributed by atoms with Crippen LogP contribution in [0.2, 0.25) is 0 Å². The van der Waals surface area contributed by atoms with Crippen molar-refractivity contribution in [3.63, 3.8) is 0 Å². The monoisotopic (exact) mass is 456 g/mol. The van der Waals surface area contributed by atoms with Gasteiger partial charge in [0.05, 0.1) is 6.54 Å². The van der Waals surface area contributed by atoms with Gasteiger partial charge in [-0.15, -0.1) is 0 Å². The van der Waals surface area contributed by atoms with E-state index >= 15 is 0 Å². The number of benzene rings is 2. The number of likely N-dealkylation sites (tertiary alicyclic amines) is 2. The zero-order valence-corrected chi connectivity index (χ0v) is 19.0. The molecule has 0 saturated carbocycles. The van der Waals surface area contributed by atoms with Crippen molar-refractivity contribution in [1.29, 1.82) is 0 Å². The van der Waals surface area contributed by atoms with Gasteiger partial charge in [0.15, 0.2) is 0 Å². The van der Waals surface area contributed by atoms with Gasteiger partial charge in [-0.1, -0.05) is 60.7 Å². The number of alkyl halides is 2. The van der Waals surface area contributed by atoms with E-state index in [-0.39, 0.29) is 38.6 Å². The predicted octanol–water partition coefficient (Wildman–Crippen LogP) is 4.12. The Bertz CT molecular complexity index is 982. The molecule has 2 aliphatic heterocycles. The molecule has 33 heavy (non-hydrogen) atoms. The highest BCUT2D eigenvalue weighted by atomic mass is 19.3. The Hall–Kier alpha value is -2.80. The second kappa shape index (κ2) is 9.21. The van der Waals surface area contributed by atoms with Gasteiger partial charge >= 0.3 is 5.97 Å². The van der Waals surface area contributed by atoms with Gasteiger partial charge in [0.25, 0.3) is 5.92 Å². The van der Waals surface area contributed by atoms with E-state index in [1.165, 1.54) is 0 Å². The molecule has 2 saturated heterocycles. The first-order valence-electron chi connectivity index (χ1n) is 11.3. The number of hydrogen-bond donors (Lipinski definition) is 0. The van der Waals surface area contributed by atoms with Gasteiger partial charge in [0.1, 0.15) is 12.0 Å². The second-order valence-electron chi connectivity index (χ2n) is 9.55. The van der Waals surface area contributed by atoms with Crippen molar-refractivity contribution in [2.75, 3.05) is 19.6 Å². The Morgan fingerprint density at radius 2 is 1.64 bits per heavy atom. The molecule has 5 nitrogen and oxygen atoms in total. The molecule has 7 heteroatoms. The van der Waals surface area contributed by atoms with Crippen molar-refractivity contribution in [1.82, 2.24) is 9.80 Å². The van der Waals surface area contributed by atoms with Crippen LogP contribution in [0.3, 0.4) is 0 Å². The average Bonchev–Trinajstić information content (AvgIpc) is 3.07. The third kappa shape index (κ3) is 4.93. The van der Waals surface area contributed by atoms with E-state index in [0.29, 0.717) is 6.54 Å². The number of fused-ring (bicyclic) bond motifs is 1. The number of amides is 1. The minimum atomic E-state index is -2.79. The van der Waals surface area contributed by atoms with Crippen molar-refractivity contribution < 1.29 is 23.1 Å². The SMILES string of the molecule is CC(C)(C(=O)OCc1ccccc1)C(=O)N1CC[C@H]2[C@@H](C1)N(Cc1ccccc1)CC2(F)F. The Morgan fingerprint density at radius 1 is 1.03 bits per heavy atom. The van der Waals surface area contributed by atoms with E-state index in [9.17, 15) is 18.4 Å². The summed E-state index contributed by atoms with van der Waals surface area (Å²) >= 11 is 0. The Labute approximate surface area is 193 Å². The lowest BCUT2D eigenvalue weighted by Crippen LogP contribution is -2.55. The molecule has 0 spiro atoms. The lowest BCUT2D eigenvalue weighted by atomic mass is 9.86. The number of halogens is 2. The summed E-state index contributed by atoms with van der Waals surface area (Å²) in [6.45, 7) is 3.65. The van der Waals surface area contributed by atoms with Crippen LogP contribution >= 0.6 is 0 Å². The Balaban J connectivity index is 1.43. The quantitative estimate of drug-likeness (QED) is 0.485. The van der Waals surface area contributed by atoms with Crippen LogP contribution in [0.15, 0.2) is 60.7 Å². The van der Waals surface area contributed by atoms with E-state index < -0.39 is 29.3 Å². The highest BCUT2D eigenvalue weighted by Crippen LogP contribution is 2.43. The number of ether oxygens (including phenoxy) is 1. The summed E-state index contributed by atoms with van der Waals surface area (Å²) in [5.41, 5.74) is 0.398. The lowest BCUT2D eigenvalue weighted by molar-refractivity contribution is -0.165. The van der Waals surface area contributed by atoms with Crippen LogP contribution in [-0.4, -0.2) is 53.3 Å². The van der Waals surface area contributed by atoms with Crippen LogP contribution < -0.4 is 0 Å². The van der Waals surface area contributed by atoms with E-state index in [2.05, 4.69) is 0 Å². The minimum Gasteiger partial charge on any atom is -0.460 e. The lowest BCUT2D eigenvalue weighted by Gasteiger charge is -2.41. The third-order valence-electron chi connectivity index (χ3n) is 6.78. The molecule has 2 fully saturated rings. The summed E-state index contributed by atoms with van der Waals surface area (Å²) in [6, 6.07) is 18.3. The molecule has 0 aromatic heterocycles. The van der Waals surface area contributed by atoms with Gasteiger partial charge in [-0.3, -0.25) is 14.5 Å². The first-order valence-corrected chi connectivity index (χ1v) is 11.3. The van der Waals surface area contributed by atoms with Crippen LogP contribution in [0, 0.1) is 11.3 Å². The molecule has 2 aliphatic rings. The largest absolute Gasteiger partial charge is 0.460 e. The molecule has 1 amide bonds. The van der Waals surface area contributed by atoms with Crippen LogP contribution in [0.4, 0.5) is 8.78 Å². The molecule has 0 bridgehead atoms. The zero-order chi connectivity index (χ0) is 23.6. The molecular weight excluding hydrogens is 426 g/mol. The number of carbonyl (C=O) groups is 2. The van der Waals surface area contributed by atoms with Crippen molar-refractivity contribution in [2.45, 2.75) is 45.4 Å². The zero-order valence-electron chi connectivity index (χ0n) is 19.0. The predicted molar refractivity (Wildman–Crippen MR) is 120 cm³/mol. The van der Waals surface area contributed by atoms with Crippen molar-refractivity contribution in [2.24, 2.45) is 11.3 Å². The van der Waals surface area contributed by atoms with E-state index in [1.54, 1.807) is 23.6 Å². The fourth-order valence-corrected chi connectivity index (χ4v) is 4.86. The van der Waals surface area contributed by atoms with Crippen LogP contribution in [-0.2, 0) is 27.5 Å². The molecule has 2 atom stereocenters. The molecule has 2 heterocycles. The molecule has 0 N–H and O–H groups in total. The van der Waals surface area contributed by atoms with Gasteiger partial charge in [0, 0.05) is 31.6 Å². The van der Waals surface area contributed by atoms with Crippen LogP contribution in [0.1, 0.15) is 31.4 Å². The van der Waals surface area contributed by atoms with Crippen LogP contribution in [0.5, 0.6) is 0 Å². The summed E-state index contributed by atoms with van der Waals surface area (Å²) in [6.07, 6.45) is 0.212. The molecule has 176 valence electrons. The normalized spacial score (nSPS) is 22.6. The minimum absolute atomic E-state index is 0.0815. The second-order valence-corrected chi connectivity index (χ2v) is 9.55. The van der Waals surface area contributed by atoms with E-state index in [4.69, 9.17) is 4.74 Å². The Kier molecular flexibility index (Phi) is 6.52. The van der Waals surface area contributed by atoms with Gasteiger partial charge in [-0.2, -0.15) is 0 Å². The molecular formula is C26H30F2N2O3. The number of carbonyl (C=O) groups excluding carboxylic acids is 2. The maximum atomic E-state index is 14.8. The van der Waals surface area contributed by atoms with Crippen molar-refractivity contribution >= 4 is 11.9 Å². The maximum absolute atomic E-state index is 14.8. The summed E-state index contributed by atoms with van der Waals surface area (Å²) < 4.78 is 34.9. The molecule has 4 rings (SSSR count). The third-order valence-corrected chi connectivity index (χ3v) is 6.78. The molecule has 0 radical (unpaired) electrons. The molecule has 0 aliphatic carbocycles. The van der Waals surface area contributed by atoms with Gasteiger partial charge in [-0.25, -0.2) is 8.78 Å². The standard InChI is InChI=1S/C26H30F2N2O3/c1-25(2,24(32)33-17-20-11-7-4-8-12-20)23(31)29-14-13-21-22(16-29)30(18-26(21,27)28)15-19-9-5-3-6-10-19/h3-12,21-22H,13-18H2,1-2H3/t21-,22+/m0/s1. The highest BCUT2D eigenvalue weighted by Gasteiger charge is 2.56. The first-order chi connectivity index (χ1) is 15.7. The topological polar surface area (TPSA) is 49.9 Å². The van der Waals surface area contributed by atoms with Crippen LogP contribution in [0.25, 0.3) is 0 Å². The fourth-order valence-electron chi connectivity index (χ4n) is 4.86. The number of hydrogen-bond acceptors (Lipinski definition) is 4. The van der Waals surface area contributed by atoms with E-state index in [1.807, 2.05) is 60.7 Å². The van der Waals surface area contributed by atoms with Gasteiger partial charge in [0.2, 0.25) is 5.91 Å². The first kappa shape index (κ1) is 23.4.